The van der Waals surface area contributed by atoms with Crippen LogP contribution in [0.25, 0.3) is 0 Å². The SMILES string of the molecule is CN(C)CCOc1cccc(C#CCCl)c1. The van der Waals surface area contributed by atoms with E-state index in [4.69, 9.17) is 16.3 Å². The van der Waals surface area contributed by atoms with Crippen molar-refractivity contribution in [3.05, 3.63) is 29.8 Å². The molecule has 1 rings (SSSR count). The molecule has 0 heterocycles. The predicted molar refractivity (Wildman–Crippen MR) is 68.1 cm³/mol. The average molecular weight is 238 g/mol. The Hall–Kier alpha value is -1.17. The van der Waals surface area contributed by atoms with Crippen LogP contribution in [0, 0.1) is 11.8 Å². The molecule has 0 fully saturated rings. The third-order valence-electron chi connectivity index (χ3n) is 1.94. The molecule has 0 aromatic heterocycles. The summed E-state index contributed by atoms with van der Waals surface area (Å²) < 4.78 is 5.60. The molecule has 1 aromatic rings. The number of rotatable bonds is 4. The quantitative estimate of drug-likeness (QED) is 0.588. The number of nitrogens with zero attached hydrogens (tertiary/aromatic N) is 1. The van der Waals surface area contributed by atoms with Crippen LogP contribution in [0.15, 0.2) is 24.3 Å². The molecule has 0 aliphatic carbocycles. The van der Waals surface area contributed by atoms with Gasteiger partial charge < -0.3 is 9.64 Å². The number of likely N-dealkylation sites (N-methyl/N-ethyl adjacent to an activating group) is 1. The molecule has 0 amide bonds. The highest BCUT2D eigenvalue weighted by molar-refractivity contribution is 6.19. The number of hydrogen-bond acceptors (Lipinski definition) is 2. The summed E-state index contributed by atoms with van der Waals surface area (Å²) in [7, 11) is 4.04. The Kier molecular flexibility index (Phi) is 5.77. The molecule has 0 aliphatic rings. The van der Waals surface area contributed by atoms with Crippen molar-refractivity contribution in [2.24, 2.45) is 0 Å². The van der Waals surface area contributed by atoms with Crippen molar-refractivity contribution < 1.29 is 4.74 Å². The van der Waals surface area contributed by atoms with Gasteiger partial charge >= 0.3 is 0 Å². The van der Waals surface area contributed by atoms with Crippen LogP contribution in [-0.4, -0.2) is 38.0 Å². The number of ether oxygens (including phenoxy) is 1. The first-order valence-electron chi connectivity index (χ1n) is 5.15. The molecular weight excluding hydrogens is 222 g/mol. The minimum absolute atomic E-state index is 0.353. The van der Waals surface area contributed by atoms with Crippen LogP contribution in [0.4, 0.5) is 0 Å². The topological polar surface area (TPSA) is 12.5 Å². The van der Waals surface area contributed by atoms with Crippen molar-refractivity contribution >= 4 is 11.6 Å². The summed E-state index contributed by atoms with van der Waals surface area (Å²) in [6, 6.07) is 7.73. The molecule has 0 radical (unpaired) electrons. The van der Waals surface area contributed by atoms with Gasteiger partial charge in [-0.3, -0.25) is 0 Å². The van der Waals surface area contributed by atoms with E-state index in [0.29, 0.717) is 12.5 Å². The van der Waals surface area contributed by atoms with Crippen molar-refractivity contribution in [2.75, 3.05) is 33.1 Å². The second kappa shape index (κ2) is 7.16. The van der Waals surface area contributed by atoms with E-state index in [-0.39, 0.29) is 0 Å². The Morgan fingerprint density at radius 2 is 2.19 bits per heavy atom. The summed E-state index contributed by atoms with van der Waals surface area (Å²) in [5, 5.41) is 0. The molecule has 0 spiro atoms. The van der Waals surface area contributed by atoms with E-state index in [1.807, 2.05) is 38.4 Å². The van der Waals surface area contributed by atoms with E-state index in [0.717, 1.165) is 17.9 Å². The molecule has 16 heavy (non-hydrogen) atoms. The van der Waals surface area contributed by atoms with Gasteiger partial charge in [0.15, 0.2) is 0 Å². The predicted octanol–water partition coefficient (Wildman–Crippen LogP) is 2.22. The van der Waals surface area contributed by atoms with Crippen LogP contribution >= 0.6 is 11.6 Å². The third-order valence-corrected chi connectivity index (χ3v) is 2.07. The van der Waals surface area contributed by atoms with Crippen molar-refractivity contribution in [2.45, 2.75) is 0 Å². The summed E-state index contributed by atoms with van der Waals surface area (Å²) in [6.45, 7) is 1.58. The highest BCUT2D eigenvalue weighted by Crippen LogP contribution is 2.12. The Balaban J connectivity index is 2.54. The molecule has 3 heteroatoms. The average Bonchev–Trinajstić information content (AvgIpc) is 2.26. The van der Waals surface area contributed by atoms with Gasteiger partial charge in [-0.15, -0.1) is 11.6 Å². The van der Waals surface area contributed by atoms with Crippen molar-refractivity contribution in [3.8, 4) is 17.6 Å². The van der Waals surface area contributed by atoms with E-state index >= 15 is 0 Å². The van der Waals surface area contributed by atoms with Gasteiger partial charge in [0.1, 0.15) is 12.4 Å². The van der Waals surface area contributed by atoms with Gasteiger partial charge in [-0.1, -0.05) is 17.9 Å². The van der Waals surface area contributed by atoms with E-state index in [9.17, 15) is 0 Å². The van der Waals surface area contributed by atoms with Crippen LogP contribution in [0.5, 0.6) is 5.75 Å². The van der Waals surface area contributed by atoms with Gasteiger partial charge in [-0.05, 0) is 32.3 Å². The van der Waals surface area contributed by atoms with Crippen molar-refractivity contribution in [1.29, 1.82) is 0 Å². The standard InChI is InChI=1S/C13H16ClNO/c1-15(2)9-10-16-13-7-3-5-12(11-13)6-4-8-14/h3,5,7,11H,8-10H2,1-2H3. The minimum Gasteiger partial charge on any atom is -0.492 e. The third kappa shape index (κ3) is 5.06. The molecule has 0 saturated heterocycles. The summed E-state index contributed by atoms with van der Waals surface area (Å²) in [4.78, 5) is 2.08. The molecule has 1 aromatic carbocycles. The van der Waals surface area contributed by atoms with E-state index in [1.54, 1.807) is 0 Å². The van der Waals surface area contributed by atoms with Gasteiger partial charge in [0, 0.05) is 12.1 Å². The first kappa shape index (κ1) is 12.9. The summed E-state index contributed by atoms with van der Waals surface area (Å²) in [5.74, 6) is 6.98. The summed E-state index contributed by atoms with van der Waals surface area (Å²) >= 11 is 5.50. The smallest absolute Gasteiger partial charge is 0.120 e. The van der Waals surface area contributed by atoms with E-state index < -0.39 is 0 Å². The second-order valence-electron chi connectivity index (χ2n) is 3.61. The molecular formula is C13H16ClNO. The Bertz CT molecular complexity index is 379. The van der Waals surface area contributed by atoms with Crippen LogP contribution < -0.4 is 4.74 Å². The fourth-order valence-electron chi connectivity index (χ4n) is 1.15. The maximum atomic E-state index is 5.60. The lowest BCUT2D eigenvalue weighted by Gasteiger charge is -2.10. The van der Waals surface area contributed by atoms with Crippen LogP contribution in [0.1, 0.15) is 5.56 Å². The summed E-state index contributed by atoms with van der Waals surface area (Å²) in [5.41, 5.74) is 0.933. The molecule has 86 valence electrons. The normalized spacial score (nSPS) is 9.75. The maximum Gasteiger partial charge on any atom is 0.120 e. The van der Waals surface area contributed by atoms with Crippen molar-refractivity contribution in [3.63, 3.8) is 0 Å². The zero-order chi connectivity index (χ0) is 11.8. The summed E-state index contributed by atoms with van der Waals surface area (Å²) in [6.07, 6.45) is 0. The number of alkyl halides is 1. The number of hydrogen-bond donors (Lipinski definition) is 0. The fraction of sp³-hybridized carbons (Fsp3) is 0.385. The lowest BCUT2D eigenvalue weighted by atomic mass is 10.2. The fourth-order valence-corrected chi connectivity index (χ4v) is 1.21. The van der Waals surface area contributed by atoms with E-state index in [2.05, 4.69) is 16.7 Å². The van der Waals surface area contributed by atoms with Gasteiger partial charge in [0.25, 0.3) is 0 Å². The molecule has 2 nitrogen and oxygen atoms in total. The number of halogens is 1. The first-order chi connectivity index (χ1) is 7.72. The lowest BCUT2D eigenvalue weighted by Crippen LogP contribution is -2.19. The monoisotopic (exact) mass is 237 g/mol. The second-order valence-corrected chi connectivity index (χ2v) is 3.88. The molecule has 0 saturated carbocycles. The number of benzene rings is 1. The Morgan fingerprint density at radius 1 is 1.38 bits per heavy atom. The van der Waals surface area contributed by atoms with Crippen molar-refractivity contribution in [1.82, 2.24) is 4.90 Å². The van der Waals surface area contributed by atoms with Gasteiger partial charge in [0.2, 0.25) is 0 Å². The largest absolute Gasteiger partial charge is 0.492 e. The zero-order valence-corrected chi connectivity index (χ0v) is 10.4. The molecule has 0 unspecified atom stereocenters. The van der Waals surface area contributed by atoms with E-state index in [1.165, 1.54) is 0 Å². The Morgan fingerprint density at radius 3 is 2.88 bits per heavy atom. The highest BCUT2D eigenvalue weighted by atomic mass is 35.5. The first-order valence-corrected chi connectivity index (χ1v) is 5.68. The Labute approximate surface area is 102 Å². The highest BCUT2D eigenvalue weighted by Gasteiger charge is 1.95. The lowest BCUT2D eigenvalue weighted by molar-refractivity contribution is 0.261. The van der Waals surface area contributed by atoms with Crippen LogP contribution in [0.3, 0.4) is 0 Å². The molecule has 0 N–H and O–H groups in total. The van der Waals surface area contributed by atoms with Gasteiger partial charge in [-0.25, -0.2) is 0 Å². The minimum atomic E-state index is 0.353. The van der Waals surface area contributed by atoms with Crippen LogP contribution in [0.2, 0.25) is 0 Å². The molecule has 0 bridgehead atoms. The molecule has 0 aliphatic heterocycles. The maximum absolute atomic E-state index is 5.60. The molecule has 0 atom stereocenters. The van der Waals surface area contributed by atoms with Crippen LogP contribution in [-0.2, 0) is 0 Å². The zero-order valence-electron chi connectivity index (χ0n) is 9.66. The van der Waals surface area contributed by atoms with Gasteiger partial charge in [0.05, 0.1) is 5.88 Å². The van der Waals surface area contributed by atoms with Gasteiger partial charge in [-0.2, -0.15) is 0 Å².